The Morgan fingerprint density at radius 3 is 1.86 bits per heavy atom. The first-order chi connectivity index (χ1) is 17.5. The van der Waals surface area contributed by atoms with Gasteiger partial charge in [0.05, 0.1) is 5.69 Å². The van der Waals surface area contributed by atoms with Crippen LogP contribution in [0.3, 0.4) is 0 Å². The van der Waals surface area contributed by atoms with E-state index < -0.39 is 0 Å². The minimum Gasteiger partial charge on any atom is -0.309 e. The molecule has 36 heavy (non-hydrogen) atoms. The molecule has 176 valence electrons. The van der Waals surface area contributed by atoms with Crippen molar-refractivity contribution in [3.63, 3.8) is 0 Å². The van der Waals surface area contributed by atoms with Crippen molar-refractivity contribution in [2.24, 2.45) is 10.2 Å². The van der Waals surface area contributed by atoms with Crippen LogP contribution in [0.4, 0.5) is 5.69 Å². The molecule has 5 rings (SSSR count). The normalized spacial score (nSPS) is 14.2. The molecule has 1 amide bonds. The Morgan fingerprint density at radius 1 is 0.778 bits per heavy atom. The van der Waals surface area contributed by atoms with Gasteiger partial charge >= 0.3 is 0 Å². The molecular formula is C30H21BrIN3O. The summed E-state index contributed by atoms with van der Waals surface area (Å²) in [7, 11) is 1.76. The zero-order chi connectivity index (χ0) is 25.1. The molecule has 4 nitrogen and oxygen atoms in total. The zero-order valence-corrected chi connectivity index (χ0v) is 23.1. The van der Waals surface area contributed by atoms with Crippen molar-refractivity contribution in [1.82, 2.24) is 0 Å². The second kappa shape index (κ2) is 10.7. The third-order valence-corrected chi connectivity index (χ3v) is 7.48. The average molecular weight is 646 g/mol. The molecule has 0 saturated heterocycles. The minimum absolute atomic E-state index is 0.176. The quantitative estimate of drug-likeness (QED) is 0.126. The van der Waals surface area contributed by atoms with Crippen LogP contribution in [-0.4, -0.2) is 24.4 Å². The fourth-order valence-corrected chi connectivity index (χ4v) is 5.55. The first-order valence-electron chi connectivity index (χ1n) is 11.3. The highest BCUT2D eigenvalue weighted by atomic mass is 127. The van der Waals surface area contributed by atoms with Crippen LogP contribution in [0.25, 0.3) is 5.57 Å². The third-order valence-electron chi connectivity index (χ3n) is 5.93. The first-order valence-corrected chi connectivity index (χ1v) is 13.2. The highest BCUT2D eigenvalue weighted by Crippen LogP contribution is 2.34. The summed E-state index contributed by atoms with van der Waals surface area (Å²) in [5, 5.41) is 9.30. The Morgan fingerprint density at radius 2 is 1.31 bits per heavy atom. The summed E-state index contributed by atoms with van der Waals surface area (Å²) in [6.07, 6.45) is 0. The predicted octanol–water partition coefficient (Wildman–Crippen LogP) is 7.51. The molecule has 1 aliphatic rings. The molecular weight excluding hydrogens is 625 g/mol. The number of hydrogen-bond acceptors (Lipinski definition) is 3. The molecule has 0 fully saturated rings. The van der Waals surface area contributed by atoms with Crippen molar-refractivity contribution < 1.29 is 4.79 Å². The molecule has 6 heteroatoms. The van der Waals surface area contributed by atoms with Crippen LogP contribution in [0.15, 0.2) is 127 Å². The standard InChI is InChI=1S/C30H21BrIN3O/c1-35-25-18-17-23(31)19-24(25)29(30(35)36)34-33-28(22-15-9-4-10-16-22)27(32)26(20-11-5-2-6-12-20)21-13-7-3-8-14-21/h2-19H,1H3/b33-28+,34-29-. The predicted molar refractivity (Wildman–Crippen MR) is 160 cm³/mol. The maximum atomic E-state index is 13.1. The molecule has 1 heterocycles. The molecule has 4 aromatic rings. The van der Waals surface area contributed by atoms with Gasteiger partial charge in [0.1, 0.15) is 5.71 Å². The maximum Gasteiger partial charge on any atom is 0.279 e. The second-order valence-electron chi connectivity index (χ2n) is 8.21. The zero-order valence-electron chi connectivity index (χ0n) is 19.4. The Balaban J connectivity index is 1.74. The number of rotatable bonds is 5. The lowest BCUT2D eigenvalue weighted by Crippen LogP contribution is -2.25. The van der Waals surface area contributed by atoms with Crippen LogP contribution in [0.5, 0.6) is 0 Å². The Bertz CT molecular complexity index is 1470. The van der Waals surface area contributed by atoms with Crippen molar-refractivity contribution in [2.75, 3.05) is 11.9 Å². The molecule has 0 bridgehead atoms. The molecule has 0 spiro atoms. The van der Waals surface area contributed by atoms with Gasteiger partial charge in [-0.3, -0.25) is 4.79 Å². The maximum absolute atomic E-state index is 13.1. The number of benzene rings is 4. The molecule has 0 aliphatic carbocycles. The van der Waals surface area contributed by atoms with Gasteiger partial charge in [0.25, 0.3) is 5.91 Å². The fourth-order valence-electron chi connectivity index (χ4n) is 4.14. The van der Waals surface area contributed by atoms with Gasteiger partial charge in [-0.2, -0.15) is 0 Å². The van der Waals surface area contributed by atoms with Crippen LogP contribution in [0, 0.1) is 0 Å². The minimum atomic E-state index is -0.176. The van der Waals surface area contributed by atoms with Gasteiger partial charge in [-0.25, -0.2) is 0 Å². The lowest BCUT2D eigenvalue weighted by molar-refractivity contribution is -0.111. The Hall–Kier alpha value is -3.36. The molecule has 0 N–H and O–H groups in total. The van der Waals surface area contributed by atoms with Gasteiger partial charge in [-0.05, 0) is 51.9 Å². The third kappa shape index (κ3) is 4.83. The van der Waals surface area contributed by atoms with E-state index in [2.05, 4.69) is 67.9 Å². The van der Waals surface area contributed by atoms with Gasteiger partial charge in [0.2, 0.25) is 0 Å². The van der Waals surface area contributed by atoms with Crippen LogP contribution >= 0.6 is 38.5 Å². The molecule has 0 atom stereocenters. The summed E-state index contributed by atoms with van der Waals surface area (Å²) < 4.78 is 1.82. The van der Waals surface area contributed by atoms with E-state index in [1.165, 1.54) is 0 Å². The van der Waals surface area contributed by atoms with E-state index in [-0.39, 0.29) is 5.91 Å². The highest BCUT2D eigenvalue weighted by molar-refractivity contribution is 14.1. The van der Waals surface area contributed by atoms with E-state index >= 15 is 0 Å². The number of fused-ring (bicyclic) bond motifs is 1. The second-order valence-corrected chi connectivity index (χ2v) is 10.2. The fraction of sp³-hybridized carbons (Fsp3) is 0.0333. The molecule has 0 radical (unpaired) electrons. The summed E-state index contributed by atoms with van der Waals surface area (Å²) >= 11 is 5.87. The van der Waals surface area contributed by atoms with Gasteiger partial charge < -0.3 is 4.90 Å². The van der Waals surface area contributed by atoms with Crippen LogP contribution in [-0.2, 0) is 4.79 Å². The topological polar surface area (TPSA) is 45.0 Å². The van der Waals surface area contributed by atoms with Crippen molar-refractivity contribution in [3.05, 3.63) is 140 Å². The van der Waals surface area contributed by atoms with E-state index in [0.29, 0.717) is 11.4 Å². The van der Waals surface area contributed by atoms with Gasteiger partial charge in [0, 0.05) is 31.8 Å². The Kier molecular flexibility index (Phi) is 7.25. The number of likely N-dealkylation sites (N-methyl/N-ethyl adjacent to an activating group) is 1. The van der Waals surface area contributed by atoms with Crippen molar-refractivity contribution in [2.45, 2.75) is 0 Å². The van der Waals surface area contributed by atoms with Gasteiger partial charge in [-0.15, -0.1) is 10.2 Å². The lowest BCUT2D eigenvalue weighted by Gasteiger charge is -2.14. The molecule has 0 saturated carbocycles. The van der Waals surface area contributed by atoms with Crippen molar-refractivity contribution in [3.8, 4) is 0 Å². The smallest absolute Gasteiger partial charge is 0.279 e. The van der Waals surface area contributed by atoms with E-state index in [4.69, 9.17) is 5.10 Å². The summed E-state index contributed by atoms with van der Waals surface area (Å²) in [5.74, 6) is -0.176. The van der Waals surface area contributed by atoms with Crippen molar-refractivity contribution >= 4 is 67.1 Å². The monoisotopic (exact) mass is 645 g/mol. The van der Waals surface area contributed by atoms with Gasteiger partial charge in [0.15, 0.2) is 5.71 Å². The van der Waals surface area contributed by atoms with Crippen LogP contribution < -0.4 is 4.90 Å². The van der Waals surface area contributed by atoms with E-state index in [9.17, 15) is 4.79 Å². The van der Waals surface area contributed by atoms with Crippen molar-refractivity contribution in [1.29, 1.82) is 0 Å². The molecule has 1 aliphatic heterocycles. The summed E-state index contributed by atoms with van der Waals surface area (Å²) in [4.78, 5) is 14.7. The average Bonchev–Trinajstić information content (AvgIpc) is 3.15. The van der Waals surface area contributed by atoms with E-state index in [1.54, 1.807) is 11.9 Å². The number of carbonyl (C=O) groups is 1. The van der Waals surface area contributed by atoms with E-state index in [1.807, 2.05) is 84.9 Å². The summed E-state index contributed by atoms with van der Waals surface area (Å²) in [6.45, 7) is 0. The molecule has 0 aromatic heterocycles. The van der Waals surface area contributed by atoms with Crippen LogP contribution in [0.2, 0.25) is 0 Å². The number of amides is 1. The first kappa shape index (κ1) is 24.3. The largest absolute Gasteiger partial charge is 0.309 e. The van der Waals surface area contributed by atoms with Gasteiger partial charge in [-0.1, -0.05) is 107 Å². The lowest BCUT2D eigenvalue weighted by atomic mass is 9.95. The highest BCUT2D eigenvalue weighted by Gasteiger charge is 2.32. The number of halogens is 2. The number of anilines is 1. The summed E-state index contributed by atoms with van der Waals surface area (Å²) in [5.41, 5.74) is 6.74. The SMILES string of the molecule is CN1C(=O)/C(=N\N=C(\C(I)=C(c2ccccc2)c2ccccc2)c2ccccc2)c2cc(Br)ccc21. The Labute approximate surface area is 232 Å². The molecule has 4 aromatic carbocycles. The summed E-state index contributed by atoms with van der Waals surface area (Å²) in [6, 6.07) is 36.2. The van der Waals surface area contributed by atoms with E-state index in [0.717, 1.165) is 41.6 Å². The number of nitrogens with zero attached hydrogens (tertiary/aromatic N) is 3. The number of hydrogen-bond donors (Lipinski definition) is 0. The number of allylic oxidation sites excluding steroid dienone is 1. The number of carbonyl (C=O) groups excluding carboxylic acids is 1. The molecule has 0 unspecified atom stereocenters. The van der Waals surface area contributed by atoms with Crippen LogP contribution in [0.1, 0.15) is 22.3 Å².